The Balaban J connectivity index is 1.33. The van der Waals surface area contributed by atoms with Crippen molar-refractivity contribution in [2.75, 3.05) is 26.4 Å². The van der Waals surface area contributed by atoms with E-state index >= 15 is 0 Å². The van der Waals surface area contributed by atoms with E-state index in [0.717, 1.165) is 21.9 Å². The van der Waals surface area contributed by atoms with Crippen molar-refractivity contribution in [3.05, 3.63) is 165 Å². The van der Waals surface area contributed by atoms with Crippen molar-refractivity contribution in [3.63, 3.8) is 0 Å². The average molecular weight is 817 g/mol. The molecule has 0 unspecified atom stereocenters. The molecule has 0 aliphatic carbocycles. The molecule has 6 aromatic rings. The first-order valence-electron chi connectivity index (χ1n) is 20.4. The molecule has 0 atom stereocenters. The maximum Gasteiger partial charge on any atom is 0.180 e. The van der Waals surface area contributed by atoms with Crippen LogP contribution < -0.4 is 28.4 Å². The molecule has 0 saturated carbocycles. The van der Waals surface area contributed by atoms with Gasteiger partial charge in [0.1, 0.15) is 34.5 Å². The summed E-state index contributed by atoms with van der Waals surface area (Å²) in [6.45, 7) is 9.20. The monoisotopic (exact) mass is 816 g/mol. The number of nitriles is 4. The highest BCUT2D eigenvalue weighted by molar-refractivity contribution is 6.02. The van der Waals surface area contributed by atoms with Crippen molar-refractivity contribution < 1.29 is 28.4 Å². The largest absolute Gasteiger partial charge is 0.494 e. The van der Waals surface area contributed by atoms with E-state index in [4.69, 9.17) is 28.4 Å². The number of nitrogens with zero attached hydrogens (tertiary/aromatic N) is 4. The van der Waals surface area contributed by atoms with Crippen molar-refractivity contribution >= 4 is 22.9 Å². The molecule has 0 aromatic heterocycles. The van der Waals surface area contributed by atoms with E-state index in [0.29, 0.717) is 105 Å². The van der Waals surface area contributed by atoms with Gasteiger partial charge in [-0.15, -0.1) is 0 Å². The first kappa shape index (κ1) is 40.6. The second-order valence-corrected chi connectivity index (χ2v) is 14.4. The number of fused-ring (bicyclic) bond motifs is 5. The van der Waals surface area contributed by atoms with Crippen LogP contribution in [0.15, 0.2) is 109 Å². The van der Waals surface area contributed by atoms with E-state index in [9.17, 15) is 21.0 Å². The number of ether oxygens (including phenoxy) is 6. The first-order valence-corrected chi connectivity index (χ1v) is 20.4. The SMILES string of the molecule is CCOc1ccc(C2(c3ccc(OCC)cc3C#N)C=Cc3c(ccc4ccc5c(c34)C=CC(c3ccc(OCC)cc3C#N)(c3ccc(OCC)cc3C#N)O5)O2)c(C#N)c1. The molecule has 8 rings (SSSR count). The molecule has 0 fully saturated rings. The van der Waals surface area contributed by atoms with E-state index in [-0.39, 0.29) is 0 Å². The lowest BCUT2D eigenvalue weighted by Gasteiger charge is -2.39. The summed E-state index contributed by atoms with van der Waals surface area (Å²) in [5.41, 5.74) is 2.09. The van der Waals surface area contributed by atoms with Gasteiger partial charge in [-0.2, -0.15) is 21.0 Å². The Morgan fingerprint density at radius 3 is 1.02 bits per heavy atom. The predicted octanol–water partition coefficient (Wildman–Crippen LogP) is 10.6. The highest BCUT2D eigenvalue weighted by Gasteiger charge is 2.44. The number of hydrogen-bond acceptors (Lipinski definition) is 10. The molecular formula is C52H40N4O6. The molecule has 2 aliphatic heterocycles. The van der Waals surface area contributed by atoms with Crippen LogP contribution in [-0.2, 0) is 11.2 Å². The Bertz CT molecular complexity index is 2660. The summed E-state index contributed by atoms with van der Waals surface area (Å²) in [4.78, 5) is 0. The molecular weight excluding hydrogens is 777 g/mol. The maximum atomic E-state index is 10.5. The Kier molecular flexibility index (Phi) is 11.0. The van der Waals surface area contributed by atoms with Gasteiger partial charge in [-0.25, -0.2) is 0 Å². The molecule has 0 amide bonds. The van der Waals surface area contributed by atoms with Crippen LogP contribution in [-0.4, -0.2) is 26.4 Å². The van der Waals surface area contributed by atoms with Crippen LogP contribution in [0.4, 0.5) is 0 Å². The zero-order chi connectivity index (χ0) is 43.4. The molecule has 304 valence electrons. The molecule has 10 heteroatoms. The lowest BCUT2D eigenvalue weighted by Crippen LogP contribution is -2.36. The van der Waals surface area contributed by atoms with Crippen LogP contribution in [0, 0.1) is 45.3 Å². The first-order chi connectivity index (χ1) is 30.3. The van der Waals surface area contributed by atoms with Gasteiger partial charge in [0.15, 0.2) is 11.2 Å². The Labute approximate surface area is 360 Å². The molecule has 2 heterocycles. The normalized spacial score (nSPS) is 13.7. The summed E-state index contributed by atoms with van der Waals surface area (Å²) in [6.07, 6.45) is 7.70. The summed E-state index contributed by atoms with van der Waals surface area (Å²) in [5.74, 6) is 3.16. The van der Waals surface area contributed by atoms with Crippen LogP contribution in [0.5, 0.6) is 34.5 Å². The van der Waals surface area contributed by atoms with Gasteiger partial charge in [-0.3, -0.25) is 0 Å². The lowest BCUT2D eigenvalue weighted by molar-refractivity contribution is 0.159. The smallest absolute Gasteiger partial charge is 0.180 e. The van der Waals surface area contributed by atoms with Gasteiger partial charge in [-0.05, 0) is 142 Å². The fraction of sp³-hybridized carbons (Fsp3) is 0.192. The summed E-state index contributed by atoms with van der Waals surface area (Å²) in [5, 5.41) is 43.8. The quantitative estimate of drug-likeness (QED) is 0.117. The third kappa shape index (κ3) is 6.85. The Morgan fingerprint density at radius 1 is 0.435 bits per heavy atom. The van der Waals surface area contributed by atoms with E-state index < -0.39 is 11.2 Å². The summed E-state index contributed by atoms with van der Waals surface area (Å²) in [6, 6.07) is 38.2. The average Bonchev–Trinajstić information content (AvgIpc) is 3.31. The van der Waals surface area contributed by atoms with Gasteiger partial charge < -0.3 is 28.4 Å². The van der Waals surface area contributed by atoms with E-state index in [2.05, 4.69) is 24.3 Å². The standard InChI is InChI=1S/C52H40N4O6/c1-5-57-38-11-15-44(34(25-38)29-53)51(45-16-12-39(58-6-2)26-35(45)30-54)23-21-42-48(61-51)19-9-33-10-20-49-43(50(33)42)22-24-52(62-49,46-17-13-40(59-7-3)27-36(46)31-55)47-18-14-41(60-8-4)28-37(47)32-56/h9-28H,5-8H2,1-4H3. The lowest BCUT2D eigenvalue weighted by atomic mass is 9.78. The van der Waals surface area contributed by atoms with Crippen molar-refractivity contribution in [2.45, 2.75) is 38.9 Å². The van der Waals surface area contributed by atoms with Crippen molar-refractivity contribution in [1.82, 2.24) is 0 Å². The predicted molar refractivity (Wildman–Crippen MR) is 234 cm³/mol. The van der Waals surface area contributed by atoms with Crippen molar-refractivity contribution in [3.8, 4) is 58.8 Å². The fourth-order valence-electron chi connectivity index (χ4n) is 8.41. The summed E-state index contributed by atoms with van der Waals surface area (Å²) >= 11 is 0. The van der Waals surface area contributed by atoms with Crippen LogP contribution in [0.2, 0.25) is 0 Å². The molecule has 62 heavy (non-hydrogen) atoms. The van der Waals surface area contributed by atoms with E-state index in [1.165, 1.54) is 0 Å². The topological polar surface area (TPSA) is 151 Å². The van der Waals surface area contributed by atoms with Crippen LogP contribution in [0.3, 0.4) is 0 Å². The molecule has 0 N–H and O–H groups in total. The maximum absolute atomic E-state index is 10.5. The van der Waals surface area contributed by atoms with E-state index in [1.807, 2.05) is 101 Å². The molecule has 6 aromatic carbocycles. The van der Waals surface area contributed by atoms with Crippen LogP contribution >= 0.6 is 0 Å². The Hall–Kier alpha value is -8.18. The molecule has 0 spiro atoms. The third-order valence-corrected chi connectivity index (χ3v) is 11.0. The molecule has 10 nitrogen and oxygen atoms in total. The zero-order valence-corrected chi connectivity index (χ0v) is 34.6. The Morgan fingerprint density at radius 2 is 0.742 bits per heavy atom. The van der Waals surface area contributed by atoms with Gasteiger partial charge in [0, 0.05) is 38.8 Å². The minimum Gasteiger partial charge on any atom is -0.494 e. The molecule has 0 saturated heterocycles. The van der Waals surface area contributed by atoms with Crippen LogP contribution in [0.1, 0.15) is 83.3 Å². The number of hydrogen-bond donors (Lipinski definition) is 0. The van der Waals surface area contributed by atoms with Gasteiger partial charge in [0.2, 0.25) is 0 Å². The van der Waals surface area contributed by atoms with Gasteiger partial charge in [0.05, 0.1) is 73.0 Å². The summed E-state index contributed by atoms with van der Waals surface area (Å²) < 4.78 is 37.3. The van der Waals surface area contributed by atoms with Crippen LogP contribution in [0.25, 0.3) is 22.9 Å². The fourth-order valence-corrected chi connectivity index (χ4v) is 8.41. The highest BCUT2D eigenvalue weighted by atomic mass is 16.5. The molecule has 0 radical (unpaired) electrons. The third-order valence-electron chi connectivity index (χ3n) is 11.0. The minimum atomic E-state index is -1.41. The van der Waals surface area contributed by atoms with Crippen molar-refractivity contribution in [2.24, 2.45) is 0 Å². The van der Waals surface area contributed by atoms with Crippen molar-refractivity contribution in [1.29, 1.82) is 21.0 Å². The molecule has 2 aliphatic rings. The van der Waals surface area contributed by atoms with Gasteiger partial charge in [0.25, 0.3) is 0 Å². The van der Waals surface area contributed by atoms with E-state index in [1.54, 1.807) is 48.5 Å². The minimum absolute atomic E-state index is 0.324. The zero-order valence-electron chi connectivity index (χ0n) is 34.6. The second-order valence-electron chi connectivity index (χ2n) is 14.4. The summed E-state index contributed by atoms with van der Waals surface area (Å²) in [7, 11) is 0. The number of benzene rings is 6. The molecule has 0 bridgehead atoms. The second kappa shape index (κ2) is 16.8. The van der Waals surface area contributed by atoms with Gasteiger partial charge in [-0.1, -0.05) is 12.1 Å². The highest BCUT2D eigenvalue weighted by Crippen LogP contribution is 2.51. The number of rotatable bonds is 12. The van der Waals surface area contributed by atoms with Gasteiger partial charge >= 0.3 is 0 Å².